The highest BCUT2D eigenvalue weighted by molar-refractivity contribution is 8.44. The third-order valence-electron chi connectivity index (χ3n) is 12.6. The lowest BCUT2D eigenvalue weighted by molar-refractivity contribution is 0.716. The van der Waals surface area contributed by atoms with Gasteiger partial charge >= 0.3 is 0 Å². The van der Waals surface area contributed by atoms with Crippen molar-refractivity contribution in [2.75, 3.05) is 34.5 Å². The lowest BCUT2D eigenvalue weighted by atomic mass is 9.83. The normalized spacial score (nSPS) is 17.3. The van der Waals surface area contributed by atoms with Gasteiger partial charge in [0.2, 0.25) is 0 Å². The van der Waals surface area contributed by atoms with Crippen LogP contribution in [0.15, 0.2) is 117 Å². The van der Waals surface area contributed by atoms with Crippen LogP contribution in [0.4, 0.5) is 0 Å². The standard InChI is InChI=1S/C57H69N3S18/c1-10-19-61-46-47(62-20-11-2)74-55(73-46)52-67-40-28-58(29-41(40)68-52)25-37-34(16-7)38(26-59-30-42-43(31-59)70-53(69-42)56-75-48(63-21-12-3)49(76-56)64-22-13-4)36(18-9)39(35(37)17-8)27-60-32-44-45(33-60)72-54(71-44)57-77-50(65-23-14-5)51(78-57)66-24-15-6/h28-33H,10-27H2,1-9H3. The van der Waals surface area contributed by atoms with Crippen LogP contribution in [0, 0.1) is 0 Å². The van der Waals surface area contributed by atoms with E-state index in [1.807, 2.05) is 141 Å². The van der Waals surface area contributed by atoms with Gasteiger partial charge in [0.1, 0.15) is 0 Å². The molecule has 3 nitrogen and oxygen atoms in total. The number of thioether (sulfide) groups is 18. The SMILES string of the molecule is CCCSC1=C(SCCC)SC(=C2Sc3cn(Cc4c(CC)c(Cn5cc6c(c5)SC(=C5SC(SCCC)=C(SCCC)S5)S6)c(CC)c(Cn5cc6c(c5)SC(=C5SC(SCCC)=C(SCCC)S5)S6)c4CC)cc3S2)S1. The van der Waals surface area contributed by atoms with Crippen molar-refractivity contribution < 1.29 is 0 Å². The number of aromatic nitrogens is 3. The van der Waals surface area contributed by atoms with E-state index in [0.29, 0.717) is 0 Å². The average Bonchev–Trinajstić information content (AvgIpc) is 4.43. The molecule has 0 bridgehead atoms. The Morgan fingerprint density at radius 1 is 0.256 bits per heavy atom. The minimum atomic E-state index is 0.896. The predicted molar refractivity (Wildman–Crippen MR) is 385 cm³/mol. The molecule has 9 heterocycles. The van der Waals surface area contributed by atoms with Gasteiger partial charge in [-0.15, -0.1) is 70.6 Å². The second-order valence-electron chi connectivity index (χ2n) is 18.7. The lowest BCUT2D eigenvalue weighted by Gasteiger charge is -2.27. The highest BCUT2D eigenvalue weighted by atomic mass is 32.3. The summed E-state index contributed by atoms with van der Waals surface area (Å²) in [6, 6.07) is 0. The molecule has 21 heteroatoms. The van der Waals surface area contributed by atoms with Gasteiger partial charge in [0.25, 0.3) is 0 Å². The molecule has 6 aliphatic heterocycles. The van der Waals surface area contributed by atoms with Crippen molar-refractivity contribution in [2.24, 2.45) is 0 Å². The average molecular weight is 1370 g/mol. The van der Waals surface area contributed by atoms with Crippen LogP contribution < -0.4 is 0 Å². The quantitative estimate of drug-likeness (QED) is 0.0563. The first-order valence-electron chi connectivity index (χ1n) is 27.3. The van der Waals surface area contributed by atoms with Gasteiger partial charge in [-0.05, 0) is 126 Å². The second-order valence-corrected chi connectivity index (χ2v) is 40.8. The zero-order valence-corrected chi connectivity index (χ0v) is 60.6. The maximum Gasteiger partial charge on any atom is 0.0717 e. The van der Waals surface area contributed by atoms with Gasteiger partial charge in [-0.25, -0.2) is 0 Å². The van der Waals surface area contributed by atoms with E-state index in [0.717, 1.165) is 38.9 Å². The third-order valence-corrected chi connectivity index (χ3v) is 39.5. The second kappa shape index (κ2) is 30.6. The number of rotatable bonds is 27. The summed E-state index contributed by atoms with van der Waals surface area (Å²) < 4.78 is 25.6. The largest absolute Gasteiger partial charge is 0.348 e. The molecule has 0 N–H and O–H groups in total. The zero-order valence-electron chi connectivity index (χ0n) is 45.9. The molecule has 0 radical (unpaired) electrons. The van der Waals surface area contributed by atoms with Crippen LogP contribution >= 0.6 is 212 Å². The molecule has 4 aromatic rings. The van der Waals surface area contributed by atoms with Gasteiger partial charge in [0, 0.05) is 86.2 Å². The van der Waals surface area contributed by atoms with Crippen LogP contribution in [0.5, 0.6) is 0 Å². The Morgan fingerprint density at radius 2 is 0.436 bits per heavy atom. The topological polar surface area (TPSA) is 14.8 Å². The fourth-order valence-electron chi connectivity index (χ4n) is 9.30. The first-order chi connectivity index (χ1) is 38.2. The molecule has 420 valence electrons. The number of hydrogen-bond acceptors (Lipinski definition) is 18. The van der Waals surface area contributed by atoms with E-state index in [-0.39, 0.29) is 0 Å². The Labute approximate surface area is 543 Å². The molecule has 3 aromatic heterocycles. The van der Waals surface area contributed by atoms with Gasteiger partial charge in [-0.1, -0.05) is 203 Å². The number of benzene rings is 1. The summed E-state index contributed by atoms with van der Waals surface area (Å²) in [6.07, 6.45) is 25.2. The van der Waals surface area contributed by atoms with Gasteiger partial charge in [-0.3, -0.25) is 0 Å². The van der Waals surface area contributed by atoms with E-state index in [4.69, 9.17) is 0 Å². The first-order valence-corrected chi connectivity index (χ1v) is 43.0. The van der Waals surface area contributed by atoms with Crippen molar-refractivity contribution in [3.8, 4) is 0 Å². The van der Waals surface area contributed by atoms with Crippen molar-refractivity contribution in [1.82, 2.24) is 13.7 Å². The minimum Gasteiger partial charge on any atom is -0.348 e. The predicted octanol–water partition coefficient (Wildman–Crippen LogP) is 24.6. The molecular formula is C57H69N3S18. The molecule has 0 unspecified atom stereocenters. The lowest BCUT2D eigenvalue weighted by Crippen LogP contribution is -2.18. The molecule has 0 amide bonds. The summed E-state index contributed by atoms with van der Waals surface area (Å²) in [6.45, 7) is 23.7. The smallest absolute Gasteiger partial charge is 0.0717 e. The minimum absolute atomic E-state index is 0.896. The fourth-order valence-corrected chi connectivity index (χ4v) is 35.0. The van der Waals surface area contributed by atoms with Crippen LogP contribution in [-0.2, 0) is 38.9 Å². The number of nitrogens with zero attached hydrogens (tertiary/aromatic N) is 3. The van der Waals surface area contributed by atoms with Crippen LogP contribution in [-0.4, -0.2) is 48.2 Å². The van der Waals surface area contributed by atoms with Crippen LogP contribution in [0.25, 0.3) is 0 Å². The highest BCUT2D eigenvalue weighted by Gasteiger charge is 2.34. The van der Waals surface area contributed by atoms with Crippen molar-refractivity contribution in [3.05, 3.63) is 121 Å². The summed E-state index contributed by atoms with van der Waals surface area (Å²) in [5.74, 6) is 7.14. The summed E-state index contributed by atoms with van der Waals surface area (Å²) >= 11 is 36.6. The van der Waals surface area contributed by atoms with Gasteiger partial charge in [0.15, 0.2) is 0 Å². The molecular weight excluding hydrogens is 1300 g/mol. The van der Waals surface area contributed by atoms with Crippen molar-refractivity contribution in [1.29, 1.82) is 0 Å². The molecule has 6 aliphatic rings. The zero-order chi connectivity index (χ0) is 54.3. The van der Waals surface area contributed by atoms with E-state index < -0.39 is 0 Å². The summed E-state index contributed by atoms with van der Waals surface area (Å²) in [5, 5.41) is 0. The van der Waals surface area contributed by atoms with Crippen molar-refractivity contribution >= 4 is 212 Å². The molecule has 10 rings (SSSR count). The molecule has 0 saturated heterocycles. The van der Waals surface area contributed by atoms with Gasteiger partial charge in [0.05, 0.1) is 50.8 Å². The molecule has 78 heavy (non-hydrogen) atoms. The molecule has 0 saturated carbocycles. The molecule has 0 atom stereocenters. The van der Waals surface area contributed by atoms with Crippen molar-refractivity contribution in [3.63, 3.8) is 0 Å². The van der Waals surface area contributed by atoms with Crippen molar-refractivity contribution in [2.45, 2.75) is 169 Å². The summed E-state index contributed by atoms with van der Waals surface area (Å²) in [7, 11) is 0. The highest BCUT2D eigenvalue weighted by Crippen LogP contribution is 2.67. The van der Waals surface area contributed by atoms with E-state index in [1.54, 1.807) is 33.4 Å². The van der Waals surface area contributed by atoms with E-state index in [2.05, 4.69) is 184 Å². The van der Waals surface area contributed by atoms with Crippen LogP contribution in [0.3, 0.4) is 0 Å². The first kappa shape index (κ1) is 62.8. The maximum atomic E-state index is 2.54. The Balaban J connectivity index is 0.942. The van der Waals surface area contributed by atoms with Crippen LogP contribution in [0.2, 0.25) is 0 Å². The Bertz CT molecular complexity index is 2570. The van der Waals surface area contributed by atoms with E-state index in [1.165, 1.54) is 153 Å². The Kier molecular flexibility index (Phi) is 24.7. The maximum absolute atomic E-state index is 2.54. The number of hydrogen-bond donors (Lipinski definition) is 0. The Hall–Kier alpha value is 1.80. The fraction of sp³-hybridized carbons (Fsp3) is 0.474. The molecule has 1 aromatic carbocycles. The molecule has 0 fully saturated rings. The summed E-state index contributed by atoms with van der Waals surface area (Å²) in [4.78, 5) is 8.47. The van der Waals surface area contributed by atoms with E-state index >= 15 is 0 Å². The number of fused-ring (bicyclic) bond motifs is 3. The monoisotopic (exact) mass is 1370 g/mol. The Morgan fingerprint density at radius 3 is 0.603 bits per heavy atom. The van der Waals surface area contributed by atoms with Gasteiger partial charge < -0.3 is 13.7 Å². The molecule has 0 spiro atoms. The summed E-state index contributed by atoms with van der Waals surface area (Å²) in [5.41, 5.74) is 9.32. The van der Waals surface area contributed by atoms with Gasteiger partial charge in [-0.2, -0.15) is 0 Å². The third kappa shape index (κ3) is 14.8. The molecule has 0 aliphatic carbocycles. The van der Waals surface area contributed by atoms with E-state index in [9.17, 15) is 0 Å². The van der Waals surface area contributed by atoms with Crippen LogP contribution in [0.1, 0.15) is 134 Å².